The number of hydrogen-bond donors (Lipinski definition) is 1. The number of halogens is 1. The number of carbonyl (C=O) groups excluding carboxylic acids is 1. The number of carbonyl (C=O) groups is 1. The highest BCUT2D eigenvalue weighted by Gasteiger charge is 2.31. The number of nitrogens with zero attached hydrogens (tertiary/aromatic N) is 1. The first-order valence-corrected chi connectivity index (χ1v) is 9.63. The number of rotatable bonds is 8. The van der Waals surface area contributed by atoms with Crippen LogP contribution in [0.1, 0.15) is 24.4 Å². The van der Waals surface area contributed by atoms with Crippen LogP contribution in [0.15, 0.2) is 54.6 Å². The largest absolute Gasteiger partial charge is 0.382 e. The van der Waals surface area contributed by atoms with Crippen LogP contribution >= 0.6 is 0 Å². The molecule has 1 atom stereocenters. The van der Waals surface area contributed by atoms with E-state index in [-0.39, 0.29) is 17.8 Å². The zero-order valence-corrected chi connectivity index (χ0v) is 16.1. The van der Waals surface area contributed by atoms with Gasteiger partial charge in [-0.1, -0.05) is 30.3 Å². The second kappa shape index (κ2) is 10.3. The van der Waals surface area contributed by atoms with Crippen molar-refractivity contribution in [3.8, 4) is 0 Å². The first-order valence-electron chi connectivity index (χ1n) is 9.63. The maximum atomic E-state index is 13.1. The number of anilines is 1. The standard InChI is InChI=1S/C22H27FN2O3/c1-27-15-16-28-20-11-13-25(14-12-20)21(17-5-3-2-4-6-17)22(26)24-19-9-7-18(23)8-10-19/h2-10,20-21H,11-16H2,1H3,(H,24,26)/t21-/m0/s1. The average Bonchev–Trinajstić information content (AvgIpc) is 2.72. The number of amides is 1. The van der Waals surface area contributed by atoms with E-state index in [1.165, 1.54) is 12.1 Å². The normalized spacial score (nSPS) is 16.6. The van der Waals surface area contributed by atoms with E-state index in [9.17, 15) is 9.18 Å². The molecule has 1 heterocycles. The lowest BCUT2D eigenvalue weighted by molar-refractivity contribution is -0.123. The van der Waals surface area contributed by atoms with Gasteiger partial charge in [0, 0.05) is 25.9 Å². The van der Waals surface area contributed by atoms with Crippen molar-refractivity contribution in [2.45, 2.75) is 25.0 Å². The molecule has 1 aliphatic heterocycles. The molecule has 3 rings (SSSR count). The molecule has 150 valence electrons. The molecule has 0 radical (unpaired) electrons. The molecule has 1 saturated heterocycles. The molecule has 0 aliphatic carbocycles. The fourth-order valence-electron chi connectivity index (χ4n) is 3.51. The minimum Gasteiger partial charge on any atom is -0.382 e. The van der Waals surface area contributed by atoms with Gasteiger partial charge >= 0.3 is 0 Å². The summed E-state index contributed by atoms with van der Waals surface area (Å²) in [6, 6.07) is 15.2. The summed E-state index contributed by atoms with van der Waals surface area (Å²) in [6.07, 6.45) is 1.94. The zero-order chi connectivity index (χ0) is 19.8. The van der Waals surface area contributed by atoms with E-state index < -0.39 is 6.04 Å². The van der Waals surface area contributed by atoms with Gasteiger partial charge in [0.15, 0.2) is 0 Å². The van der Waals surface area contributed by atoms with E-state index in [0.29, 0.717) is 18.9 Å². The van der Waals surface area contributed by atoms with Crippen molar-refractivity contribution in [2.75, 3.05) is 38.7 Å². The molecule has 0 bridgehead atoms. The van der Waals surface area contributed by atoms with E-state index in [0.717, 1.165) is 31.5 Å². The van der Waals surface area contributed by atoms with Gasteiger partial charge in [0.1, 0.15) is 11.9 Å². The van der Waals surface area contributed by atoms with Crippen LogP contribution in [0.4, 0.5) is 10.1 Å². The molecular weight excluding hydrogens is 359 g/mol. The first kappa shape index (κ1) is 20.5. The maximum Gasteiger partial charge on any atom is 0.246 e. The quantitative estimate of drug-likeness (QED) is 0.704. The second-order valence-corrected chi connectivity index (χ2v) is 6.91. The minimum atomic E-state index is -0.397. The Labute approximate surface area is 165 Å². The molecule has 1 amide bonds. The summed E-state index contributed by atoms with van der Waals surface area (Å²) in [7, 11) is 1.66. The number of benzene rings is 2. The Kier molecular flexibility index (Phi) is 7.54. The number of piperidine rings is 1. The lowest BCUT2D eigenvalue weighted by atomic mass is 9.99. The van der Waals surface area contributed by atoms with Crippen molar-refractivity contribution in [1.29, 1.82) is 0 Å². The summed E-state index contributed by atoms with van der Waals surface area (Å²) in [4.78, 5) is 15.3. The van der Waals surface area contributed by atoms with E-state index in [4.69, 9.17) is 9.47 Å². The smallest absolute Gasteiger partial charge is 0.246 e. The van der Waals surface area contributed by atoms with Crippen molar-refractivity contribution >= 4 is 11.6 Å². The van der Waals surface area contributed by atoms with Gasteiger partial charge in [-0.2, -0.15) is 0 Å². The van der Waals surface area contributed by atoms with Crippen LogP contribution in [0.5, 0.6) is 0 Å². The van der Waals surface area contributed by atoms with Crippen molar-refractivity contribution < 1.29 is 18.7 Å². The molecular formula is C22H27FN2O3. The van der Waals surface area contributed by atoms with E-state index >= 15 is 0 Å². The predicted octanol–water partition coefficient (Wildman–Crippen LogP) is 3.63. The monoisotopic (exact) mass is 386 g/mol. The van der Waals surface area contributed by atoms with Crippen molar-refractivity contribution in [3.05, 3.63) is 66.0 Å². The van der Waals surface area contributed by atoms with Crippen LogP contribution in [0, 0.1) is 5.82 Å². The Morgan fingerprint density at radius 1 is 1.11 bits per heavy atom. The molecule has 0 spiro atoms. The van der Waals surface area contributed by atoms with Gasteiger partial charge in [-0.15, -0.1) is 0 Å². The second-order valence-electron chi connectivity index (χ2n) is 6.91. The van der Waals surface area contributed by atoms with Gasteiger partial charge in [0.2, 0.25) is 5.91 Å². The van der Waals surface area contributed by atoms with Crippen molar-refractivity contribution in [2.24, 2.45) is 0 Å². The summed E-state index contributed by atoms with van der Waals surface area (Å²) in [5.41, 5.74) is 1.53. The highest BCUT2D eigenvalue weighted by Crippen LogP contribution is 2.27. The van der Waals surface area contributed by atoms with Crippen LogP contribution < -0.4 is 5.32 Å². The maximum absolute atomic E-state index is 13.1. The fourth-order valence-corrected chi connectivity index (χ4v) is 3.51. The number of hydrogen-bond acceptors (Lipinski definition) is 4. The summed E-state index contributed by atoms with van der Waals surface area (Å²) < 4.78 is 24.0. The molecule has 2 aromatic rings. The fraction of sp³-hybridized carbons (Fsp3) is 0.409. The van der Waals surface area contributed by atoms with Gasteiger partial charge < -0.3 is 14.8 Å². The van der Waals surface area contributed by atoms with Gasteiger partial charge in [-0.25, -0.2) is 4.39 Å². The number of nitrogens with one attached hydrogen (secondary N) is 1. The number of methoxy groups -OCH3 is 1. The average molecular weight is 386 g/mol. The number of ether oxygens (including phenoxy) is 2. The lowest BCUT2D eigenvalue weighted by Gasteiger charge is -2.37. The molecule has 0 aromatic heterocycles. The zero-order valence-electron chi connectivity index (χ0n) is 16.1. The molecule has 2 aromatic carbocycles. The molecule has 6 heteroatoms. The van der Waals surface area contributed by atoms with Crippen LogP contribution in [-0.2, 0) is 14.3 Å². The molecule has 0 unspecified atom stereocenters. The van der Waals surface area contributed by atoms with E-state index in [2.05, 4.69) is 10.2 Å². The third-order valence-electron chi connectivity index (χ3n) is 4.96. The molecule has 28 heavy (non-hydrogen) atoms. The van der Waals surface area contributed by atoms with Crippen LogP contribution in [0.3, 0.4) is 0 Å². The van der Waals surface area contributed by atoms with Crippen molar-refractivity contribution in [3.63, 3.8) is 0 Å². The van der Waals surface area contributed by atoms with Crippen LogP contribution in [-0.4, -0.2) is 50.3 Å². The molecule has 1 aliphatic rings. The third kappa shape index (κ3) is 5.61. The van der Waals surface area contributed by atoms with Crippen LogP contribution in [0.25, 0.3) is 0 Å². The third-order valence-corrected chi connectivity index (χ3v) is 4.96. The summed E-state index contributed by atoms with van der Waals surface area (Å²) in [5.74, 6) is -0.440. The Balaban J connectivity index is 1.68. The topological polar surface area (TPSA) is 50.8 Å². The van der Waals surface area contributed by atoms with Crippen LogP contribution in [0.2, 0.25) is 0 Å². The highest BCUT2D eigenvalue weighted by atomic mass is 19.1. The Hall–Kier alpha value is -2.28. The predicted molar refractivity (Wildman–Crippen MR) is 107 cm³/mol. The SMILES string of the molecule is COCCOC1CCN([C@H](C(=O)Nc2ccc(F)cc2)c2ccccc2)CC1. The summed E-state index contributed by atoms with van der Waals surface area (Å²) in [5, 5.41) is 2.92. The number of likely N-dealkylation sites (tertiary alicyclic amines) is 1. The molecule has 1 fully saturated rings. The van der Waals surface area contributed by atoms with Gasteiger partial charge in [-0.3, -0.25) is 9.69 Å². The van der Waals surface area contributed by atoms with Crippen molar-refractivity contribution in [1.82, 2.24) is 4.90 Å². The Morgan fingerprint density at radius 2 is 1.79 bits per heavy atom. The van der Waals surface area contributed by atoms with E-state index in [1.807, 2.05) is 30.3 Å². The molecule has 5 nitrogen and oxygen atoms in total. The van der Waals surface area contributed by atoms with E-state index in [1.54, 1.807) is 19.2 Å². The van der Waals surface area contributed by atoms with Gasteiger partial charge in [0.05, 0.1) is 19.3 Å². The Morgan fingerprint density at radius 3 is 2.43 bits per heavy atom. The highest BCUT2D eigenvalue weighted by molar-refractivity contribution is 5.95. The summed E-state index contributed by atoms with van der Waals surface area (Å²) in [6.45, 7) is 2.73. The minimum absolute atomic E-state index is 0.114. The van der Waals surface area contributed by atoms with Gasteiger partial charge in [0.25, 0.3) is 0 Å². The first-order chi connectivity index (χ1) is 13.7. The molecule has 0 saturated carbocycles. The lowest BCUT2D eigenvalue weighted by Crippen LogP contribution is -2.44. The summed E-state index contributed by atoms with van der Waals surface area (Å²) >= 11 is 0. The molecule has 1 N–H and O–H groups in total. The Bertz CT molecular complexity index is 731. The van der Waals surface area contributed by atoms with Gasteiger partial charge in [-0.05, 0) is 42.7 Å².